The number of anilines is 1. The Morgan fingerprint density at radius 3 is 2.61 bits per heavy atom. The van der Waals surface area contributed by atoms with Crippen LogP contribution in [0.4, 0.5) is 5.82 Å². The summed E-state index contributed by atoms with van der Waals surface area (Å²) < 4.78 is 0. The normalized spacial score (nSPS) is 11.1. The third-order valence-electron chi connectivity index (χ3n) is 4.08. The number of aromatic nitrogens is 3. The summed E-state index contributed by atoms with van der Waals surface area (Å²) >= 11 is 7.83. The molecule has 0 aliphatic heterocycles. The molecule has 0 N–H and O–H groups in total. The molecular formula is C17H19ClN4S. The van der Waals surface area contributed by atoms with Crippen molar-refractivity contribution < 1.29 is 0 Å². The number of pyridine rings is 1. The molecule has 0 unspecified atom stereocenters. The highest BCUT2D eigenvalue weighted by Gasteiger charge is 2.18. The van der Waals surface area contributed by atoms with Gasteiger partial charge in [0.15, 0.2) is 0 Å². The van der Waals surface area contributed by atoms with E-state index in [2.05, 4.69) is 52.8 Å². The van der Waals surface area contributed by atoms with Crippen LogP contribution in [-0.4, -0.2) is 28.0 Å². The summed E-state index contributed by atoms with van der Waals surface area (Å²) in [7, 11) is 0. The predicted molar refractivity (Wildman–Crippen MR) is 97.7 cm³/mol. The highest BCUT2D eigenvalue weighted by atomic mass is 35.5. The van der Waals surface area contributed by atoms with Gasteiger partial charge in [0, 0.05) is 30.4 Å². The van der Waals surface area contributed by atoms with E-state index >= 15 is 0 Å². The van der Waals surface area contributed by atoms with E-state index in [1.807, 2.05) is 12.4 Å². The summed E-state index contributed by atoms with van der Waals surface area (Å²) in [5.74, 6) is 0.943. The Bertz CT molecular complexity index is 816. The molecule has 0 atom stereocenters. The van der Waals surface area contributed by atoms with E-state index in [-0.39, 0.29) is 0 Å². The largest absolute Gasteiger partial charge is 0.356 e. The first-order chi connectivity index (χ1) is 11.1. The van der Waals surface area contributed by atoms with Crippen molar-refractivity contribution in [1.82, 2.24) is 15.0 Å². The summed E-state index contributed by atoms with van der Waals surface area (Å²) in [6.07, 6.45) is 4.61. The van der Waals surface area contributed by atoms with Gasteiger partial charge in [-0.2, -0.15) is 4.98 Å². The van der Waals surface area contributed by atoms with E-state index in [4.69, 9.17) is 11.6 Å². The standard InChI is InChI=1S/C17H19ClN4S/c1-4-22(10-7-13-5-8-19-9-6-13)15-14-11(2)12(3)23-16(14)21-17(18)20-15/h5-6,8-9H,4,7,10H2,1-3H3. The molecule has 3 aromatic rings. The van der Waals surface area contributed by atoms with Crippen LogP contribution in [0.5, 0.6) is 0 Å². The van der Waals surface area contributed by atoms with Gasteiger partial charge in [-0.3, -0.25) is 4.98 Å². The zero-order valence-corrected chi connectivity index (χ0v) is 15.1. The lowest BCUT2D eigenvalue weighted by atomic mass is 10.1. The third kappa shape index (κ3) is 3.31. The van der Waals surface area contributed by atoms with Gasteiger partial charge < -0.3 is 4.90 Å². The Labute approximate surface area is 145 Å². The first kappa shape index (κ1) is 16.1. The minimum absolute atomic E-state index is 0.316. The number of thiophene rings is 1. The molecule has 0 fully saturated rings. The monoisotopic (exact) mass is 346 g/mol. The lowest BCUT2D eigenvalue weighted by Gasteiger charge is -2.23. The SMILES string of the molecule is CCN(CCc1ccncc1)c1nc(Cl)nc2sc(C)c(C)c12. The van der Waals surface area contributed by atoms with E-state index in [1.165, 1.54) is 16.0 Å². The van der Waals surface area contributed by atoms with Crippen LogP contribution in [0.2, 0.25) is 5.28 Å². The molecular weight excluding hydrogens is 328 g/mol. The number of hydrogen-bond acceptors (Lipinski definition) is 5. The van der Waals surface area contributed by atoms with Crippen molar-refractivity contribution in [2.45, 2.75) is 27.2 Å². The second-order valence-corrected chi connectivity index (χ2v) is 7.01. The molecule has 4 nitrogen and oxygen atoms in total. The molecule has 0 saturated heterocycles. The zero-order valence-electron chi connectivity index (χ0n) is 13.5. The minimum atomic E-state index is 0.316. The van der Waals surface area contributed by atoms with Gasteiger partial charge in [-0.1, -0.05) is 0 Å². The van der Waals surface area contributed by atoms with Gasteiger partial charge in [0.1, 0.15) is 10.6 Å². The maximum Gasteiger partial charge on any atom is 0.225 e. The molecule has 0 amide bonds. The summed E-state index contributed by atoms with van der Waals surface area (Å²) in [6.45, 7) is 8.15. The van der Waals surface area contributed by atoms with Crippen molar-refractivity contribution >= 4 is 39.0 Å². The first-order valence-electron chi connectivity index (χ1n) is 7.67. The molecule has 0 spiro atoms. The molecule has 23 heavy (non-hydrogen) atoms. The topological polar surface area (TPSA) is 41.9 Å². The number of nitrogens with zero attached hydrogens (tertiary/aromatic N) is 4. The van der Waals surface area contributed by atoms with Gasteiger partial charge in [-0.25, -0.2) is 4.98 Å². The summed E-state index contributed by atoms with van der Waals surface area (Å²) in [5, 5.41) is 1.45. The maximum atomic E-state index is 6.15. The third-order valence-corrected chi connectivity index (χ3v) is 5.35. The van der Waals surface area contributed by atoms with Gasteiger partial charge in [-0.15, -0.1) is 11.3 Å². The molecule has 3 heterocycles. The average molecular weight is 347 g/mol. The van der Waals surface area contributed by atoms with E-state index < -0.39 is 0 Å². The minimum Gasteiger partial charge on any atom is -0.356 e. The van der Waals surface area contributed by atoms with Gasteiger partial charge in [-0.05, 0) is 62.1 Å². The number of fused-ring (bicyclic) bond motifs is 1. The van der Waals surface area contributed by atoms with Crippen molar-refractivity contribution in [1.29, 1.82) is 0 Å². The molecule has 0 radical (unpaired) electrons. The van der Waals surface area contributed by atoms with E-state index in [9.17, 15) is 0 Å². The number of hydrogen-bond donors (Lipinski definition) is 0. The van der Waals surface area contributed by atoms with Crippen molar-refractivity contribution in [2.24, 2.45) is 0 Å². The molecule has 0 aliphatic carbocycles. The van der Waals surface area contributed by atoms with Gasteiger partial charge in [0.25, 0.3) is 0 Å². The Morgan fingerprint density at radius 2 is 1.91 bits per heavy atom. The molecule has 6 heteroatoms. The Hall–Kier alpha value is -1.72. The van der Waals surface area contributed by atoms with Crippen molar-refractivity contribution in [3.05, 3.63) is 45.8 Å². The highest BCUT2D eigenvalue weighted by Crippen LogP contribution is 2.35. The van der Waals surface area contributed by atoms with Crippen molar-refractivity contribution in [3.63, 3.8) is 0 Å². The molecule has 120 valence electrons. The van der Waals surface area contributed by atoms with E-state index in [1.54, 1.807) is 11.3 Å². The highest BCUT2D eigenvalue weighted by molar-refractivity contribution is 7.18. The molecule has 0 saturated carbocycles. The van der Waals surface area contributed by atoms with Crippen LogP contribution >= 0.6 is 22.9 Å². The fourth-order valence-electron chi connectivity index (χ4n) is 2.66. The lowest BCUT2D eigenvalue weighted by molar-refractivity contribution is 0.796. The smallest absolute Gasteiger partial charge is 0.225 e. The van der Waals surface area contributed by atoms with Crippen LogP contribution in [0, 0.1) is 13.8 Å². The van der Waals surface area contributed by atoms with Crippen LogP contribution in [0.25, 0.3) is 10.2 Å². The van der Waals surface area contributed by atoms with Crippen LogP contribution in [-0.2, 0) is 6.42 Å². The Balaban J connectivity index is 1.96. The fraction of sp³-hybridized carbons (Fsp3) is 0.353. The summed E-state index contributed by atoms with van der Waals surface area (Å²) in [6, 6.07) is 4.10. The van der Waals surface area contributed by atoms with Gasteiger partial charge in [0.05, 0.1) is 5.39 Å². The van der Waals surface area contributed by atoms with Crippen LogP contribution in [0.3, 0.4) is 0 Å². The van der Waals surface area contributed by atoms with Gasteiger partial charge in [0.2, 0.25) is 5.28 Å². The number of likely N-dealkylation sites (N-methyl/N-ethyl adjacent to an activating group) is 1. The predicted octanol–water partition coefficient (Wildman–Crippen LogP) is 4.43. The second-order valence-electron chi connectivity index (χ2n) is 5.46. The van der Waals surface area contributed by atoms with Gasteiger partial charge >= 0.3 is 0 Å². The summed E-state index contributed by atoms with van der Waals surface area (Å²) in [5.41, 5.74) is 2.52. The lowest BCUT2D eigenvalue weighted by Crippen LogP contribution is -2.26. The number of aryl methyl sites for hydroxylation is 2. The molecule has 0 bridgehead atoms. The van der Waals surface area contributed by atoms with Crippen LogP contribution in [0.1, 0.15) is 22.9 Å². The van der Waals surface area contributed by atoms with E-state index in [0.717, 1.165) is 35.5 Å². The maximum absolute atomic E-state index is 6.15. The van der Waals surface area contributed by atoms with Crippen molar-refractivity contribution in [3.8, 4) is 0 Å². The number of rotatable bonds is 5. The van der Waals surface area contributed by atoms with Crippen molar-refractivity contribution in [2.75, 3.05) is 18.0 Å². The quantitative estimate of drug-likeness (QED) is 0.641. The van der Waals surface area contributed by atoms with Crippen LogP contribution in [0.15, 0.2) is 24.5 Å². The second kappa shape index (κ2) is 6.81. The average Bonchev–Trinajstić information content (AvgIpc) is 2.83. The Morgan fingerprint density at radius 1 is 1.17 bits per heavy atom. The van der Waals surface area contributed by atoms with Crippen LogP contribution < -0.4 is 4.90 Å². The number of halogens is 1. The summed E-state index contributed by atoms with van der Waals surface area (Å²) in [4.78, 5) is 17.5. The zero-order chi connectivity index (χ0) is 16.4. The molecule has 0 aromatic carbocycles. The molecule has 0 aliphatic rings. The fourth-order valence-corrected chi connectivity index (χ4v) is 3.90. The molecule has 3 aromatic heterocycles. The first-order valence-corrected chi connectivity index (χ1v) is 8.86. The van der Waals surface area contributed by atoms with E-state index in [0.29, 0.717) is 5.28 Å². The molecule has 3 rings (SSSR count). The Kier molecular flexibility index (Phi) is 4.78.